The van der Waals surface area contributed by atoms with Crippen LogP contribution in [0.15, 0.2) is 40.7 Å². The molecule has 0 atom stereocenters. The van der Waals surface area contributed by atoms with E-state index in [4.69, 9.17) is 14.5 Å². The van der Waals surface area contributed by atoms with Gasteiger partial charge in [0.05, 0.1) is 18.3 Å². The zero-order chi connectivity index (χ0) is 19.6. The van der Waals surface area contributed by atoms with Crippen LogP contribution in [0.4, 0.5) is 0 Å². The molecule has 2 aromatic rings. The molecule has 1 aromatic carbocycles. The molecular formula is C21H30N4O2S. The van der Waals surface area contributed by atoms with E-state index in [1.54, 1.807) is 18.4 Å². The number of methoxy groups -OCH3 is 1. The van der Waals surface area contributed by atoms with Gasteiger partial charge in [0.2, 0.25) is 0 Å². The van der Waals surface area contributed by atoms with E-state index in [9.17, 15) is 0 Å². The number of ether oxygens (including phenoxy) is 2. The Bertz CT molecular complexity index is 727. The third-order valence-electron chi connectivity index (χ3n) is 4.82. The van der Waals surface area contributed by atoms with Gasteiger partial charge in [0, 0.05) is 51.4 Å². The molecule has 1 aliphatic heterocycles. The van der Waals surface area contributed by atoms with Crippen LogP contribution in [-0.2, 0) is 16.0 Å². The SMILES string of the molecule is CN=C(NCc1nc(-c2ccccc2)cs1)N1CCC(OCCCOC)CC1. The first-order valence-corrected chi connectivity index (χ1v) is 10.7. The number of nitrogens with zero attached hydrogens (tertiary/aromatic N) is 3. The number of thiazole rings is 1. The first-order valence-electron chi connectivity index (χ1n) is 9.86. The van der Waals surface area contributed by atoms with Crippen molar-refractivity contribution in [2.75, 3.05) is 40.5 Å². The summed E-state index contributed by atoms with van der Waals surface area (Å²) in [5.41, 5.74) is 2.19. The molecule has 152 valence electrons. The van der Waals surface area contributed by atoms with Gasteiger partial charge >= 0.3 is 0 Å². The van der Waals surface area contributed by atoms with Gasteiger partial charge in [-0.1, -0.05) is 30.3 Å². The predicted octanol–water partition coefficient (Wildman–Crippen LogP) is 3.40. The van der Waals surface area contributed by atoms with Crippen LogP contribution in [-0.4, -0.2) is 62.4 Å². The number of likely N-dealkylation sites (tertiary alicyclic amines) is 1. The van der Waals surface area contributed by atoms with Crippen LogP contribution < -0.4 is 5.32 Å². The number of hydrogen-bond acceptors (Lipinski definition) is 5. The van der Waals surface area contributed by atoms with E-state index in [1.807, 2.05) is 25.2 Å². The molecule has 0 spiro atoms. The molecule has 0 amide bonds. The van der Waals surface area contributed by atoms with Crippen molar-refractivity contribution >= 4 is 17.3 Å². The highest BCUT2D eigenvalue weighted by atomic mass is 32.1. The quantitative estimate of drug-likeness (QED) is 0.417. The maximum atomic E-state index is 5.95. The highest BCUT2D eigenvalue weighted by Gasteiger charge is 2.22. The van der Waals surface area contributed by atoms with Gasteiger partial charge in [0.15, 0.2) is 5.96 Å². The summed E-state index contributed by atoms with van der Waals surface area (Å²) in [4.78, 5) is 11.5. The maximum Gasteiger partial charge on any atom is 0.193 e. The number of guanidine groups is 1. The Morgan fingerprint density at radius 3 is 2.75 bits per heavy atom. The van der Waals surface area contributed by atoms with Crippen molar-refractivity contribution in [3.05, 3.63) is 40.7 Å². The van der Waals surface area contributed by atoms with E-state index in [1.165, 1.54) is 0 Å². The molecule has 3 rings (SSSR count). The fraction of sp³-hybridized carbons (Fsp3) is 0.524. The van der Waals surface area contributed by atoms with E-state index in [-0.39, 0.29) is 0 Å². The first-order chi connectivity index (χ1) is 13.8. The van der Waals surface area contributed by atoms with Crippen molar-refractivity contribution in [2.45, 2.75) is 31.9 Å². The molecule has 0 saturated carbocycles. The molecule has 0 aliphatic carbocycles. The van der Waals surface area contributed by atoms with Crippen molar-refractivity contribution in [2.24, 2.45) is 4.99 Å². The molecular weight excluding hydrogens is 372 g/mol. The average molecular weight is 403 g/mol. The number of rotatable bonds is 8. The Labute approximate surface area is 171 Å². The second-order valence-electron chi connectivity index (χ2n) is 6.80. The van der Waals surface area contributed by atoms with Crippen molar-refractivity contribution in [3.8, 4) is 11.3 Å². The topological polar surface area (TPSA) is 59.0 Å². The van der Waals surface area contributed by atoms with E-state index in [2.05, 4.69) is 32.7 Å². The molecule has 0 radical (unpaired) electrons. The van der Waals surface area contributed by atoms with E-state index < -0.39 is 0 Å². The number of piperidine rings is 1. The largest absolute Gasteiger partial charge is 0.385 e. The fourth-order valence-corrected chi connectivity index (χ4v) is 4.05. The lowest BCUT2D eigenvalue weighted by Gasteiger charge is -2.34. The Kier molecular flexibility index (Phi) is 8.26. The van der Waals surface area contributed by atoms with Crippen molar-refractivity contribution < 1.29 is 9.47 Å². The van der Waals surface area contributed by atoms with Gasteiger partial charge in [-0.25, -0.2) is 4.98 Å². The fourth-order valence-electron chi connectivity index (χ4n) is 3.31. The molecule has 2 heterocycles. The van der Waals surface area contributed by atoms with Gasteiger partial charge in [-0.3, -0.25) is 4.99 Å². The molecule has 6 nitrogen and oxygen atoms in total. The molecule has 1 aliphatic rings. The van der Waals surface area contributed by atoms with Crippen LogP contribution >= 0.6 is 11.3 Å². The molecule has 1 N–H and O–H groups in total. The number of nitrogens with one attached hydrogen (secondary N) is 1. The lowest BCUT2D eigenvalue weighted by Crippen LogP contribution is -2.46. The van der Waals surface area contributed by atoms with Crippen LogP contribution in [0.3, 0.4) is 0 Å². The molecule has 1 fully saturated rings. The Morgan fingerprint density at radius 1 is 1.25 bits per heavy atom. The molecule has 1 saturated heterocycles. The summed E-state index contributed by atoms with van der Waals surface area (Å²) in [7, 11) is 3.57. The number of aliphatic imine (C=N–C) groups is 1. The van der Waals surface area contributed by atoms with Gasteiger partial charge in [-0.2, -0.15) is 0 Å². The lowest BCUT2D eigenvalue weighted by molar-refractivity contribution is 0.00989. The summed E-state index contributed by atoms with van der Waals surface area (Å²) < 4.78 is 11.0. The Balaban J connectivity index is 1.44. The van der Waals surface area contributed by atoms with Gasteiger partial charge in [0.1, 0.15) is 5.01 Å². The zero-order valence-electron chi connectivity index (χ0n) is 16.8. The average Bonchev–Trinajstić information content (AvgIpc) is 3.22. The summed E-state index contributed by atoms with van der Waals surface area (Å²) in [6.07, 6.45) is 3.36. The van der Waals surface area contributed by atoms with Gasteiger partial charge in [-0.05, 0) is 19.3 Å². The van der Waals surface area contributed by atoms with Crippen molar-refractivity contribution in [1.82, 2.24) is 15.2 Å². The van der Waals surface area contributed by atoms with E-state index >= 15 is 0 Å². The standard InChI is InChI=1S/C21H30N4O2S/c1-22-21(25-11-9-18(10-12-25)27-14-6-13-26-2)23-15-20-24-19(16-28-20)17-7-4-3-5-8-17/h3-5,7-8,16,18H,6,9-15H2,1-2H3,(H,22,23). The van der Waals surface area contributed by atoms with Gasteiger partial charge < -0.3 is 19.7 Å². The predicted molar refractivity (Wildman–Crippen MR) is 115 cm³/mol. The summed E-state index contributed by atoms with van der Waals surface area (Å²) >= 11 is 1.68. The van der Waals surface area contributed by atoms with Crippen molar-refractivity contribution in [3.63, 3.8) is 0 Å². The summed E-state index contributed by atoms with van der Waals surface area (Å²) in [6.45, 7) is 4.15. The number of benzene rings is 1. The van der Waals surface area contributed by atoms with Crippen LogP contribution in [0.2, 0.25) is 0 Å². The van der Waals surface area contributed by atoms with Gasteiger partial charge in [0.25, 0.3) is 0 Å². The smallest absolute Gasteiger partial charge is 0.193 e. The summed E-state index contributed by atoms with van der Waals surface area (Å²) in [5, 5.41) is 6.64. The van der Waals surface area contributed by atoms with E-state index in [0.29, 0.717) is 12.6 Å². The first kappa shape index (κ1) is 20.8. The summed E-state index contributed by atoms with van der Waals surface area (Å²) in [6, 6.07) is 10.3. The molecule has 0 bridgehead atoms. The third-order valence-corrected chi connectivity index (χ3v) is 5.67. The van der Waals surface area contributed by atoms with Crippen LogP contribution in [0.5, 0.6) is 0 Å². The third kappa shape index (κ3) is 6.02. The highest BCUT2D eigenvalue weighted by Crippen LogP contribution is 2.21. The lowest BCUT2D eigenvalue weighted by atomic mass is 10.1. The molecule has 28 heavy (non-hydrogen) atoms. The molecule has 1 aromatic heterocycles. The number of aromatic nitrogens is 1. The minimum Gasteiger partial charge on any atom is -0.385 e. The number of hydrogen-bond donors (Lipinski definition) is 1. The van der Waals surface area contributed by atoms with Crippen molar-refractivity contribution in [1.29, 1.82) is 0 Å². The maximum absolute atomic E-state index is 5.95. The van der Waals surface area contributed by atoms with Gasteiger partial charge in [-0.15, -0.1) is 11.3 Å². The zero-order valence-corrected chi connectivity index (χ0v) is 17.6. The molecule has 7 heteroatoms. The second-order valence-corrected chi connectivity index (χ2v) is 7.74. The Morgan fingerprint density at radius 2 is 2.04 bits per heavy atom. The minimum atomic E-state index is 0.346. The minimum absolute atomic E-state index is 0.346. The van der Waals surface area contributed by atoms with Crippen LogP contribution in [0.25, 0.3) is 11.3 Å². The normalized spacial score (nSPS) is 15.8. The van der Waals surface area contributed by atoms with E-state index in [0.717, 1.165) is 67.8 Å². The second kappa shape index (κ2) is 11.1. The monoisotopic (exact) mass is 402 g/mol. The van der Waals surface area contributed by atoms with Crippen LogP contribution in [0.1, 0.15) is 24.3 Å². The highest BCUT2D eigenvalue weighted by molar-refractivity contribution is 7.09. The van der Waals surface area contributed by atoms with Crippen LogP contribution in [0, 0.1) is 0 Å². The Hall–Kier alpha value is -1.96. The summed E-state index contributed by atoms with van der Waals surface area (Å²) in [5.74, 6) is 0.939. The molecule has 0 unspecified atom stereocenters.